The molecular formula is C19H30N6O. The molecule has 0 aliphatic carbocycles. The Hall–Kier alpha value is -2.18. The van der Waals surface area contributed by atoms with Crippen molar-refractivity contribution in [3.8, 4) is 0 Å². The van der Waals surface area contributed by atoms with Crippen molar-refractivity contribution in [2.24, 2.45) is 5.92 Å². The normalized spacial score (nSPS) is 15.3. The van der Waals surface area contributed by atoms with Crippen LogP contribution < -0.4 is 4.90 Å². The highest BCUT2D eigenvalue weighted by Gasteiger charge is 2.24. The van der Waals surface area contributed by atoms with Gasteiger partial charge in [0.25, 0.3) is 0 Å². The van der Waals surface area contributed by atoms with Crippen LogP contribution in [0.1, 0.15) is 46.2 Å². The smallest absolute Gasteiger partial charge is 0.219 e. The molecular weight excluding hydrogens is 328 g/mol. The lowest BCUT2D eigenvalue weighted by Crippen LogP contribution is -2.48. The standard InChI is InChI=1S/C19H30N6O/c1-5-6-7-25-19-17(16(22-25)12-14(2)3)18(20-13-21-19)24-10-8-23(9-11-24)15(4)26/h13-14H,5-12H2,1-4H3. The van der Waals surface area contributed by atoms with E-state index in [9.17, 15) is 4.79 Å². The summed E-state index contributed by atoms with van der Waals surface area (Å²) in [5, 5.41) is 5.98. The highest BCUT2D eigenvalue weighted by molar-refractivity contribution is 5.90. The molecule has 0 unspecified atom stereocenters. The highest BCUT2D eigenvalue weighted by Crippen LogP contribution is 2.29. The van der Waals surface area contributed by atoms with Crippen molar-refractivity contribution in [3.63, 3.8) is 0 Å². The van der Waals surface area contributed by atoms with Crippen molar-refractivity contribution in [1.29, 1.82) is 0 Å². The van der Waals surface area contributed by atoms with E-state index in [-0.39, 0.29) is 5.91 Å². The molecule has 26 heavy (non-hydrogen) atoms. The highest BCUT2D eigenvalue weighted by atomic mass is 16.2. The maximum Gasteiger partial charge on any atom is 0.219 e. The predicted octanol–water partition coefficient (Wildman–Crippen LogP) is 2.49. The lowest BCUT2D eigenvalue weighted by molar-refractivity contribution is -0.129. The number of unbranched alkanes of at least 4 members (excludes halogenated alkanes) is 1. The number of fused-ring (bicyclic) bond motifs is 1. The van der Waals surface area contributed by atoms with E-state index in [1.807, 2.05) is 9.58 Å². The molecule has 0 bridgehead atoms. The quantitative estimate of drug-likeness (QED) is 0.794. The van der Waals surface area contributed by atoms with Gasteiger partial charge in [-0.1, -0.05) is 27.2 Å². The molecule has 0 spiro atoms. The summed E-state index contributed by atoms with van der Waals surface area (Å²) in [5.74, 6) is 1.64. The molecule has 2 aromatic heterocycles. The van der Waals surface area contributed by atoms with Crippen LogP contribution in [-0.2, 0) is 17.8 Å². The fraction of sp³-hybridized carbons (Fsp3) is 0.684. The van der Waals surface area contributed by atoms with Crippen LogP contribution in [-0.4, -0.2) is 56.7 Å². The van der Waals surface area contributed by atoms with Crippen LogP contribution in [0.2, 0.25) is 0 Å². The van der Waals surface area contributed by atoms with Gasteiger partial charge in [-0.2, -0.15) is 5.10 Å². The molecule has 7 heteroatoms. The molecule has 0 atom stereocenters. The predicted molar refractivity (Wildman–Crippen MR) is 103 cm³/mol. The van der Waals surface area contributed by atoms with E-state index < -0.39 is 0 Å². The van der Waals surface area contributed by atoms with E-state index in [0.717, 1.165) is 74.5 Å². The molecule has 1 amide bonds. The maximum absolute atomic E-state index is 11.6. The number of carbonyl (C=O) groups excluding carboxylic acids is 1. The molecule has 0 radical (unpaired) electrons. The zero-order chi connectivity index (χ0) is 18.7. The number of nitrogens with zero attached hydrogens (tertiary/aromatic N) is 6. The fourth-order valence-electron chi connectivity index (χ4n) is 3.53. The summed E-state index contributed by atoms with van der Waals surface area (Å²) in [5.41, 5.74) is 2.03. The van der Waals surface area contributed by atoms with E-state index >= 15 is 0 Å². The number of aryl methyl sites for hydroxylation is 1. The lowest BCUT2D eigenvalue weighted by Gasteiger charge is -2.35. The number of anilines is 1. The Labute approximate surface area is 155 Å². The third kappa shape index (κ3) is 3.81. The summed E-state index contributed by atoms with van der Waals surface area (Å²) in [6.45, 7) is 12.2. The Morgan fingerprint density at radius 1 is 1.19 bits per heavy atom. The van der Waals surface area contributed by atoms with Crippen molar-refractivity contribution in [3.05, 3.63) is 12.0 Å². The number of hydrogen-bond acceptors (Lipinski definition) is 5. The molecule has 142 valence electrons. The Morgan fingerprint density at radius 3 is 2.54 bits per heavy atom. The second kappa shape index (κ2) is 8.01. The maximum atomic E-state index is 11.6. The Balaban J connectivity index is 1.97. The summed E-state index contributed by atoms with van der Waals surface area (Å²) in [6, 6.07) is 0. The largest absolute Gasteiger partial charge is 0.352 e. The zero-order valence-corrected chi connectivity index (χ0v) is 16.4. The molecule has 0 saturated carbocycles. The average Bonchev–Trinajstić information content (AvgIpc) is 2.97. The van der Waals surface area contributed by atoms with Crippen LogP contribution in [0.3, 0.4) is 0 Å². The van der Waals surface area contributed by atoms with Crippen molar-refractivity contribution in [2.45, 2.75) is 53.5 Å². The summed E-state index contributed by atoms with van der Waals surface area (Å²) in [6.07, 6.45) is 4.79. The van der Waals surface area contributed by atoms with E-state index in [1.165, 1.54) is 0 Å². The third-order valence-electron chi connectivity index (χ3n) is 4.93. The van der Waals surface area contributed by atoms with Crippen LogP contribution in [0.4, 0.5) is 5.82 Å². The van der Waals surface area contributed by atoms with Gasteiger partial charge < -0.3 is 9.80 Å². The third-order valence-corrected chi connectivity index (χ3v) is 4.93. The van der Waals surface area contributed by atoms with Gasteiger partial charge in [-0.3, -0.25) is 4.79 Å². The first-order chi connectivity index (χ1) is 12.5. The van der Waals surface area contributed by atoms with Gasteiger partial charge in [-0.05, 0) is 18.8 Å². The van der Waals surface area contributed by atoms with Gasteiger partial charge in [0.05, 0.1) is 11.1 Å². The van der Waals surface area contributed by atoms with Gasteiger partial charge in [0.2, 0.25) is 5.91 Å². The van der Waals surface area contributed by atoms with Crippen molar-refractivity contribution >= 4 is 22.8 Å². The van der Waals surface area contributed by atoms with Gasteiger partial charge in [-0.25, -0.2) is 14.6 Å². The molecule has 0 N–H and O–H groups in total. The summed E-state index contributed by atoms with van der Waals surface area (Å²) in [7, 11) is 0. The number of rotatable bonds is 6. The second-order valence-corrected chi connectivity index (χ2v) is 7.51. The molecule has 1 aliphatic rings. The number of carbonyl (C=O) groups is 1. The van der Waals surface area contributed by atoms with Crippen molar-refractivity contribution in [1.82, 2.24) is 24.6 Å². The molecule has 2 aromatic rings. The average molecular weight is 358 g/mol. The van der Waals surface area contributed by atoms with Gasteiger partial charge in [0.1, 0.15) is 12.1 Å². The first-order valence-electron chi connectivity index (χ1n) is 9.72. The molecule has 3 heterocycles. The van der Waals surface area contributed by atoms with Crippen molar-refractivity contribution in [2.75, 3.05) is 31.1 Å². The van der Waals surface area contributed by atoms with E-state index in [4.69, 9.17) is 5.10 Å². The van der Waals surface area contributed by atoms with Crippen LogP contribution in [0, 0.1) is 5.92 Å². The summed E-state index contributed by atoms with van der Waals surface area (Å²) >= 11 is 0. The van der Waals surface area contributed by atoms with E-state index in [1.54, 1.807) is 13.3 Å². The summed E-state index contributed by atoms with van der Waals surface area (Å²) in [4.78, 5) is 25.0. The number of amides is 1. The van der Waals surface area contributed by atoms with Gasteiger partial charge in [-0.15, -0.1) is 0 Å². The molecule has 1 fully saturated rings. The number of aromatic nitrogens is 4. The molecule has 1 aliphatic heterocycles. The fourth-order valence-corrected chi connectivity index (χ4v) is 3.53. The first-order valence-corrected chi connectivity index (χ1v) is 9.72. The topological polar surface area (TPSA) is 67.2 Å². The summed E-state index contributed by atoms with van der Waals surface area (Å²) < 4.78 is 2.05. The Morgan fingerprint density at radius 2 is 1.92 bits per heavy atom. The van der Waals surface area contributed by atoms with Crippen LogP contribution in [0.15, 0.2) is 6.33 Å². The van der Waals surface area contributed by atoms with Gasteiger partial charge >= 0.3 is 0 Å². The van der Waals surface area contributed by atoms with Crippen molar-refractivity contribution < 1.29 is 4.79 Å². The SMILES string of the molecule is CCCCn1nc(CC(C)C)c2c(N3CCN(C(C)=O)CC3)ncnc21. The molecule has 3 rings (SSSR count). The van der Waals surface area contributed by atoms with Gasteiger partial charge in [0.15, 0.2) is 5.65 Å². The number of piperazine rings is 1. The minimum Gasteiger partial charge on any atom is -0.352 e. The van der Waals surface area contributed by atoms with E-state index in [2.05, 4.69) is 35.6 Å². The number of hydrogen-bond donors (Lipinski definition) is 0. The molecule has 7 nitrogen and oxygen atoms in total. The van der Waals surface area contributed by atoms with Gasteiger partial charge in [0, 0.05) is 39.6 Å². The second-order valence-electron chi connectivity index (χ2n) is 7.51. The van der Waals surface area contributed by atoms with E-state index in [0.29, 0.717) is 5.92 Å². The zero-order valence-electron chi connectivity index (χ0n) is 16.4. The van der Waals surface area contributed by atoms with Crippen LogP contribution in [0.25, 0.3) is 11.0 Å². The lowest BCUT2D eigenvalue weighted by atomic mass is 10.1. The Kier molecular flexibility index (Phi) is 5.74. The first kappa shape index (κ1) is 18.6. The minimum absolute atomic E-state index is 0.144. The molecule has 1 saturated heterocycles. The minimum atomic E-state index is 0.144. The Bertz CT molecular complexity index is 761. The van der Waals surface area contributed by atoms with Crippen LogP contribution >= 0.6 is 0 Å². The monoisotopic (exact) mass is 358 g/mol. The molecule has 0 aromatic carbocycles. The van der Waals surface area contributed by atoms with Crippen LogP contribution in [0.5, 0.6) is 0 Å².